The van der Waals surface area contributed by atoms with Crippen molar-refractivity contribution in [3.8, 4) is 11.4 Å². The fourth-order valence-corrected chi connectivity index (χ4v) is 3.80. The van der Waals surface area contributed by atoms with Crippen LogP contribution < -0.4 is 0 Å². The Morgan fingerprint density at radius 1 is 1.29 bits per heavy atom. The molecule has 0 spiro atoms. The summed E-state index contributed by atoms with van der Waals surface area (Å²) < 4.78 is 10.2. The maximum Gasteiger partial charge on any atom is 0.252 e. The van der Waals surface area contributed by atoms with Crippen LogP contribution in [0.2, 0.25) is 0 Å². The van der Waals surface area contributed by atoms with E-state index >= 15 is 0 Å². The molecule has 144 valence electrons. The van der Waals surface area contributed by atoms with Gasteiger partial charge in [0, 0.05) is 24.7 Å². The molecule has 1 atom stereocenters. The number of ketones is 1. The number of benzene rings is 2. The van der Waals surface area contributed by atoms with Crippen LogP contribution in [0.3, 0.4) is 0 Å². The Bertz CT molecular complexity index is 996. The van der Waals surface area contributed by atoms with E-state index in [1.807, 2.05) is 24.3 Å². The summed E-state index contributed by atoms with van der Waals surface area (Å²) in [6.45, 7) is 0.234. The number of aromatic nitrogens is 2. The number of carbonyl (C=O) groups is 1. The highest BCUT2D eigenvalue weighted by Crippen LogP contribution is 2.38. The van der Waals surface area contributed by atoms with Gasteiger partial charge in [0.15, 0.2) is 5.78 Å². The SMILES string of the molecule is COCc1nc(-c2ccc3c(c2)CC[C@H]3CC(=O)c2cccc(CO)c2)no1. The molecule has 3 aromatic rings. The van der Waals surface area contributed by atoms with Crippen LogP contribution >= 0.6 is 0 Å². The molecule has 0 amide bonds. The summed E-state index contributed by atoms with van der Waals surface area (Å²) in [5, 5.41) is 13.3. The Balaban J connectivity index is 1.50. The Hall–Kier alpha value is -2.83. The lowest BCUT2D eigenvalue weighted by Crippen LogP contribution is -2.06. The van der Waals surface area contributed by atoms with Gasteiger partial charge in [-0.05, 0) is 47.6 Å². The predicted octanol–water partition coefficient (Wildman–Crippen LogP) is 3.68. The molecule has 6 nitrogen and oxygen atoms in total. The van der Waals surface area contributed by atoms with Crippen LogP contribution in [-0.2, 0) is 24.4 Å². The zero-order valence-electron chi connectivity index (χ0n) is 15.7. The molecule has 2 aromatic carbocycles. The van der Waals surface area contributed by atoms with Gasteiger partial charge in [-0.2, -0.15) is 4.98 Å². The second kappa shape index (κ2) is 8.04. The maximum absolute atomic E-state index is 12.7. The summed E-state index contributed by atoms with van der Waals surface area (Å²) >= 11 is 0. The van der Waals surface area contributed by atoms with Crippen LogP contribution in [0.4, 0.5) is 0 Å². The monoisotopic (exact) mass is 378 g/mol. The van der Waals surface area contributed by atoms with E-state index in [0.717, 1.165) is 24.0 Å². The number of hydrogen-bond acceptors (Lipinski definition) is 6. The van der Waals surface area contributed by atoms with E-state index in [4.69, 9.17) is 9.26 Å². The summed E-state index contributed by atoms with van der Waals surface area (Å²) in [5.74, 6) is 1.32. The van der Waals surface area contributed by atoms with Crippen LogP contribution in [0.5, 0.6) is 0 Å². The minimum atomic E-state index is -0.0572. The van der Waals surface area contributed by atoms with Gasteiger partial charge < -0.3 is 14.4 Å². The van der Waals surface area contributed by atoms with Crippen molar-refractivity contribution in [1.82, 2.24) is 10.1 Å². The summed E-state index contributed by atoms with van der Waals surface area (Å²) in [6, 6.07) is 13.4. The molecule has 4 rings (SSSR count). The number of aliphatic hydroxyl groups excluding tert-OH is 1. The Labute approximate surface area is 163 Å². The number of rotatable bonds is 7. The fourth-order valence-electron chi connectivity index (χ4n) is 3.80. The smallest absolute Gasteiger partial charge is 0.252 e. The van der Waals surface area contributed by atoms with Crippen LogP contribution in [0.1, 0.15) is 51.7 Å². The van der Waals surface area contributed by atoms with Gasteiger partial charge in [0.1, 0.15) is 6.61 Å². The molecule has 0 unspecified atom stereocenters. The first-order valence-corrected chi connectivity index (χ1v) is 9.35. The van der Waals surface area contributed by atoms with Crippen LogP contribution in [0.25, 0.3) is 11.4 Å². The van der Waals surface area contributed by atoms with Crippen molar-refractivity contribution in [2.24, 2.45) is 0 Å². The van der Waals surface area contributed by atoms with E-state index in [1.54, 1.807) is 13.2 Å². The normalized spacial score (nSPS) is 15.6. The van der Waals surface area contributed by atoms with E-state index in [2.05, 4.69) is 22.3 Å². The lowest BCUT2D eigenvalue weighted by molar-refractivity contribution is 0.0973. The first-order chi connectivity index (χ1) is 13.7. The maximum atomic E-state index is 12.7. The summed E-state index contributed by atoms with van der Waals surface area (Å²) in [7, 11) is 1.58. The highest BCUT2D eigenvalue weighted by atomic mass is 16.5. The van der Waals surface area contributed by atoms with Crippen LogP contribution in [0.15, 0.2) is 47.0 Å². The van der Waals surface area contributed by atoms with Crippen LogP contribution in [0, 0.1) is 0 Å². The minimum absolute atomic E-state index is 0.0572. The van der Waals surface area contributed by atoms with Crippen molar-refractivity contribution >= 4 is 5.78 Å². The third-order valence-electron chi connectivity index (χ3n) is 5.20. The molecular formula is C22H22N2O4. The van der Waals surface area contributed by atoms with Crippen molar-refractivity contribution in [2.75, 3.05) is 7.11 Å². The van der Waals surface area contributed by atoms with Crippen molar-refractivity contribution in [3.05, 3.63) is 70.6 Å². The molecule has 0 radical (unpaired) electrons. The first kappa shape index (κ1) is 18.5. The van der Waals surface area contributed by atoms with Gasteiger partial charge in [0.05, 0.1) is 6.61 Å². The Morgan fingerprint density at radius 2 is 2.18 bits per heavy atom. The average Bonchev–Trinajstić information content (AvgIpc) is 3.35. The summed E-state index contributed by atoms with van der Waals surface area (Å²) in [4.78, 5) is 17.0. The number of aryl methyl sites for hydroxylation is 1. The zero-order valence-corrected chi connectivity index (χ0v) is 15.7. The third kappa shape index (κ3) is 3.74. The number of ether oxygens (including phenoxy) is 1. The Kier molecular flexibility index (Phi) is 5.32. The lowest BCUT2D eigenvalue weighted by atomic mass is 9.92. The van der Waals surface area contributed by atoms with Gasteiger partial charge in [-0.3, -0.25) is 4.79 Å². The van der Waals surface area contributed by atoms with Gasteiger partial charge in [-0.25, -0.2) is 0 Å². The largest absolute Gasteiger partial charge is 0.392 e. The number of fused-ring (bicyclic) bond motifs is 1. The molecule has 0 fully saturated rings. The van der Waals surface area contributed by atoms with Gasteiger partial charge in [0.2, 0.25) is 5.82 Å². The second-order valence-corrected chi connectivity index (χ2v) is 7.08. The molecule has 1 aliphatic rings. The molecule has 0 saturated carbocycles. The van der Waals surface area contributed by atoms with Gasteiger partial charge in [-0.1, -0.05) is 35.5 Å². The zero-order chi connectivity index (χ0) is 19.5. The summed E-state index contributed by atoms with van der Waals surface area (Å²) in [5.41, 5.74) is 4.78. The number of carbonyl (C=O) groups excluding carboxylic acids is 1. The molecule has 1 aliphatic carbocycles. The predicted molar refractivity (Wildman–Crippen MR) is 103 cm³/mol. The Morgan fingerprint density at radius 3 is 3.00 bits per heavy atom. The number of methoxy groups -OCH3 is 1. The van der Waals surface area contributed by atoms with E-state index in [9.17, 15) is 9.90 Å². The van der Waals surface area contributed by atoms with E-state index in [1.165, 1.54) is 11.1 Å². The second-order valence-electron chi connectivity index (χ2n) is 7.08. The van der Waals surface area contributed by atoms with E-state index in [-0.39, 0.29) is 18.3 Å². The van der Waals surface area contributed by atoms with Crippen LogP contribution in [-0.4, -0.2) is 28.1 Å². The van der Waals surface area contributed by atoms with Gasteiger partial charge in [0.25, 0.3) is 5.89 Å². The topological polar surface area (TPSA) is 85.5 Å². The molecular weight excluding hydrogens is 356 g/mol. The quantitative estimate of drug-likeness (QED) is 0.631. The van der Waals surface area contributed by atoms with Gasteiger partial charge >= 0.3 is 0 Å². The highest BCUT2D eigenvalue weighted by Gasteiger charge is 2.26. The number of aliphatic hydroxyl groups is 1. The van der Waals surface area contributed by atoms with Crippen molar-refractivity contribution in [2.45, 2.75) is 38.4 Å². The molecule has 1 heterocycles. The van der Waals surface area contributed by atoms with E-state index < -0.39 is 0 Å². The first-order valence-electron chi connectivity index (χ1n) is 9.35. The molecule has 0 saturated heterocycles. The molecule has 1 N–H and O–H groups in total. The molecule has 1 aromatic heterocycles. The fraction of sp³-hybridized carbons (Fsp3) is 0.318. The molecule has 6 heteroatoms. The standard InChI is InChI=1S/C22H22N2O4/c1-27-13-21-23-22(24-28-21)18-7-8-19-15(10-18)5-6-16(19)11-20(26)17-4-2-3-14(9-17)12-25/h2-4,7-10,16,25H,5-6,11-13H2,1H3/t16-/m0/s1. The molecule has 0 bridgehead atoms. The van der Waals surface area contributed by atoms with Crippen molar-refractivity contribution in [3.63, 3.8) is 0 Å². The van der Waals surface area contributed by atoms with Crippen molar-refractivity contribution in [1.29, 1.82) is 0 Å². The molecule has 0 aliphatic heterocycles. The number of nitrogens with zero attached hydrogens (tertiary/aromatic N) is 2. The molecule has 28 heavy (non-hydrogen) atoms. The van der Waals surface area contributed by atoms with Crippen molar-refractivity contribution < 1.29 is 19.2 Å². The lowest BCUT2D eigenvalue weighted by Gasteiger charge is -2.11. The average molecular weight is 378 g/mol. The highest BCUT2D eigenvalue weighted by molar-refractivity contribution is 5.96. The third-order valence-corrected chi connectivity index (χ3v) is 5.20. The number of hydrogen-bond donors (Lipinski definition) is 1. The van der Waals surface area contributed by atoms with Gasteiger partial charge in [-0.15, -0.1) is 0 Å². The minimum Gasteiger partial charge on any atom is -0.392 e. The number of Topliss-reactive ketones (excluding diaryl/α,β-unsaturated/α-hetero) is 1. The van der Waals surface area contributed by atoms with E-state index in [0.29, 0.717) is 30.3 Å². The summed E-state index contributed by atoms with van der Waals surface area (Å²) in [6.07, 6.45) is 2.35.